The molecule has 1 aromatic heterocycles. The Hall–Kier alpha value is -1.73. The molecular formula is C10H12FN3O3. The van der Waals surface area contributed by atoms with Gasteiger partial charge in [0, 0.05) is 6.20 Å². The van der Waals surface area contributed by atoms with Gasteiger partial charge in [0.15, 0.2) is 12.4 Å². The van der Waals surface area contributed by atoms with Crippen molar-refractivity contribution in [3.63, 3.8) is 0 Å². The molecule has 1 aliphatic heterocycles. The van der Waals surface area contributed by atoms with Crippen LogP contribution in [0.3, 0.4) is 0 Å². The zero-order valence-electron chi connectivity index (χ0n) is 8.91. The van der Waals surface area contributed by atoms with E-state index in [2.05, 4.69) is 11.6 Å². The summed E-state index contributed by atoms with van der Waals surface area (Å²) in [5.74, 6) is 0.0530. The molecule has 2 heterocycles. The van der Waals surface area contributed by atoms with E-state index in [-0.39, 0.29) is 18.0 Å². The SMILES string of the molecule is C=C1[C@H](CO)O[C@H](n2ccc(N)nc2=O)[C@@H]1F. The summed E-state index contributed by atoms with van der Waals surface area (Å²) in [7, 11) is 0. The molecule has 2 rings (SSSR count). The van der Waals surface area contributed by atoms with Crippen molar-refractivity contribution in [2.75, 3.05) is 12.3 Å². The number of anilines is 1. The van der Waals surface area contributed by atoms with Gasteiger partial charge < -0.3 is 15.6 Å². The molecule has 0 aliphatic carbocycles. The second-order valence-corrected chi connectivity index (χ2v) is 3.72. The zero-order chi connectivity index (χ0) is 12.6. The van der Waals surface area contributed by atoms with Gasteiger partial charge in [0.05, 0.1) is 6.61 Å². The summed E-state index contributed by atoms with van der Waals surface area (Å²) >= 11 is 0. The number of hydrogen-bond donors (Lipinski definition) is 2. The average Bonchev–Trinajstić information content (AvgIpc) is 2.57. The number of aliphatic hydroxyl groups excluding tert-OH is 1. The summed E-state index contributed by atoms with van der Waals surface area (Å²) in [6, 6.07) is 1.37. The van der Waals surface area contributed by atoms with Gasteiger partial charge >= 0.3 is 5.69 Å². The molecular weight excluding hydrogens is 229 g/mol. The minimum absolute atomic E-state index is 0.0530. The highest BCUT2D eigenvalue weighted by Crippen LogP contribution is 2.33. The number of halogens is 1. The van der Waals surface area contributed by atoms with Gasteiger partial charge in [-0.05, 0) is 11.6 Å². The van der Waals surface area contributed by atoms with E-state index in [0.717, 1.165) is 4.57 Å². The van der Waals surface area contributed by atoms with Crippen molar-refractivity contribution in [1.82, 2.24) is 9.55 Å². The molecule has 0 spiro atoms. The number of nitrogen functional groups attached to an aromatic ring is 1. The first-order valence-electron chi connectivity index (χ1n) is 4.98. The van der Waals surface area contributed by atoms with Crippen molar-refractivity contribution in [3.8, 4) is 0 Å². The minimum atomic E-state index is -1.56. The van der Waals surface area contributed by atoms with Crippen LogP contribution in [-0.4, -0.2) is 33.5 Å². The highest BCUT2D eigenvalue weighted by molar-refractivity contribution is 5.24. The summed E-state index contributed by atoms with van der Waals surface area (Å²) in [4.78, 5) is 15.0. The lowest BCUT2D eigenvalue weighted by molar-refractivity contribution is -0.0374. The first-order chi connectivity index (χ1) is 8.04. The molecule has 0 saturated carbocycles. The van der Waals surface area contributed by atoms with Crippen LogP contribution >= 0.6 is 0 Å². The van der Waals surface area contributed by atoms with E-state index in [1.54, 1.807) is 0 Å². The van der Waals surface area contributed by atoms with E-state index < -0.39 is 24.2 Å². The van der Waals surface area contributed by atoms with E-state index in [9.17, 15) is 9.18 Å². The van der Waals surface area contributed by atoms with Crippen LogP contribution < -0.4 is 11.4 Å². The summed E-state index contributed by atoms with van der Waals surface area (Å²) in [6.07, 6.45) is -2.22. The third-order valence-electron chi connectivity index (χ3n) is 2.61. The van der Waals surface area contributed by atoms with Crippen LogP contribution in [0.5, 0.6) is 0 Å². The number of aliphatic hydroxyl groups is 1. The summed E-state index contributed by atoms with van der Waals surface area (Å²) in [5, 5.41) is 8.96. The monoisotopic (exact) mass is 241 g/mol. The van der Waals surface area contributed by atoms with Gasteiger partial charge in [-0.3, -0.25) is 4.57 Å². The fourth-order valence-electron chi connectivity index (χ4n) is 1.67. The van der Waals surface area contributed by atoms with Gasteiger partial charge in [-0.15, -0.1) is 0 Å². The molecule has 0 aromatic carbocycles. The standard InChI is InChI=1S/C10H12FN3O3/c1-5-6(4-15)17-9(8(5)11)14-3-2-7(12)13-10(14)16/h2-3,6,8-9,15H,1,4H2,(H2,12,13,16)/t6-,8+,9-/m0/s1. The molecule has 17 heavy (non-hydrogen) atoms. The predicted molar refractivity (Wildman–Crippen MR) is 57.9 cm³/mol. The van der Waals surface area contributed by atoms with Crippen LogP contribution in [0, 0.1) is 0 Å². The maximum absolute atomic E-state index is 13.8. The lowest BCUT2D eigenvalue weighted by Crippen LogP contribution is -2.30. The van der Waals surface area contributed by atoms with Crippen LogP contribution in [0.2, 0.25) is 0 Å². The molecule has 1 saturated heterocycles. The van der Waals surface area contributed by atoms with E-state index in [4.69, 9.17) is 15.6 Å². The van der Waals surface area contributed by atoms with Crippen molar-refractivity contribution >= 4 is 5.82 Å². The molecule has 0 unspecified atom stereocenters. The third-order valence-corrected chi connectivity index (χ3v) is 2.61. The second-order valence-electron chi connectivity index (χ2n) is 3.72. The number of hydrogen-bond acceptors (Lipinski definition) is 5. The van der Waals surface area contributed by atoms with Crippen LogP contribution in [-0.2, 0) is 4.74 Å². The number of nitrogens with zero attached hydrogens (tertiary/aromatic N) is 2. The van der Waals surface area contributed by atoms with Gasteiger partial charge in [-0.1, -0.05) is 6.58 Å². The van der Waals surface area contributed by atoms with E-state index in [0.29, 0.717) is 0 Å². The Morgan fingerprint density at radius 3 is 2.94 bits per heavy atom. The van der Waals surface area contributed by atoms with Gasteiger partial charge in [0.1, 0.15) is 11.9 Å². The lowest BCUT2D eigenvalue weighted by atomic mass is 10.1. The van der Waals surface area contributed by atoms with Crippen molar-refractivity contribution < 1.29 is 14.2 Å². The maximum Gasteiger partial charge on any atom is 0.351 e. The van der Waals surface area contributed by atoms with Crippen molar-refractivity contribution in [1.29, 1.82) is 0 Å². The van der Waals surface area contributed by atoms with Crippen molar-refractivity contribution in [2.24, 2.45) is 0 Å². The quantitative estimate of drug-likeness (QED) is 0.688. The largest absolute Gasteiger partial charge is 0.393 e. The average molecular weight is 241 g/mol. The molecule has 0 amide bonds. The number of alkyl halides is 1. The molecule has 92 valence electrons. The Morgan fingerprint density at radius 2 is 2.41 bits per heavy atom. The van der Waals surface area contributed by atoms with Crippen molar-refractivity contribution in [2.45, 2.75) is 18.5 Å². The molecule has 3 atom stereocenters. The van der Waals surface area contributed by atoms with E-state index in [1.165, 1.54) is 12.3 Å². The van der Waals surface area contributed by atoms with Gasteiger partial charge in [-0.25, -0.2) is 9.18 Å². The number of rotatable bonds is 2. The molecule has 1 aromatic rings. The van der Waals surface area contributed by atoms with Crippen LogP contribution in [0.4, 0.5) is 10.2 Å². The van der Waals surface area contributed by atoms with E-state index >= 15 is 0 Å². The number of ether oxygens (including phenoxy) is 1. The first kappa shape index (κ1) is 11.7. The lowest BCUT2D eigenvalue weighted by Gasteiger charge is -2.15. The second kappa shape index (κ2) is 4.27. The third kappa shape index (κ3) is 1.94. The van der Waals surface area contributed by atoms with Gasteiger partial charge in [0.2, 0.25) is 0 Å². The smallest absolute Gasteiger partial charge is 0.351 e. The fourth-order valence-corrected chi connectivity index (χ4v) is 1.67. The Labute approximate surface area is 96.1 Å². The van der Waals surface area contributed by atoms with Crippen molar-refractivity contribution in [3.05, 3.63) is 34.9 Å². The Balaban J connectivity index is 2.35. The molecule has 0 radical (unpaired) electrons. The fraction of sp³-hybridized carbons (Fsp3) is 0.400. The first-order valence-corrected chi connectivity index (χ1v) is 4.98. The summed E-state index contributed by atoms with van der Waals surface area (Å²) < 4.78 is 20.0. The summed E-state index contributed by atoms with van der Waals surface area (Å²) in [6.45, 7) is 3.11. The Kier molecular flexibility index (Phi) is 2.95. The Morgan fingerprint density at radius 1 is 1.71 bits per heavy atom. The zero-order valence-corrected chi connectivity index (χ0v) is 8.91. The molecule has 0 bridgehead atoms. The minimum Gasteiger partial charge on any atom is -0.393 e. The van der Waals surface area contributed by atoms with Gasteiger partial charge in [0.25, 0.3) is 0 Å². The molecule has 1 fully saturated rings. The van der Waals surface area contributed by atoms with Gasteiger partial charge in [-0.2, -0.15) is 4.98 Å². The predicted octanol–water partition coefficient (Wildman–Crippen LogP) is -0.391. The maximum atomic E-state index is 13.8. The van der Waals surface area contributed by atoms with Crippen LogP contribution in [0.1, 0.15) is 6.23 Å². The van der Waals surface area contributed by atoms with E-state index in [1.807, 2.05) is 0 Å². The number of nitrogens with two attached hydrogens (primary N) is 1. The molecule has 1 aliphatic rings. The highest BCUT2D eigenvalue weighted by Gasteiger charge is 2.40. The molecule has 3 N–H and O–H groups in total. The topological polar surface area (TPSA) is 90.4 Å². The highest BCUT2D eigenvalue weighted by atomic mass is 19.1. The Bertz CT molecular complexity index is 502. The number of aromatic nitrogens is 2. The molecule has 7 heteroatoms. The normalized spacial score (nSPS) is 28.6. The molecule has 6 nitrogen and oxygen atoms in total. The van der Waals surface area contributed by atoms with Crippen LogP contribution in [0.15, 0.2) is 29.2 Å². The van der Waals surface area contributed by atoms with Crippen LogP contribution in [0.25, 0.3) is 0 Å². The summed E-state index contributed by atoms with van der Waals surface area (Å²) in [5.41, 5.74) is 4.73.